The van der Waals surface area contributed by atoms with Crippen LogP contribution in [0.1, 0.15) is 22.8 Å². The van der Waals surface area contributed by atoms with E-state index in [2.05, 4.69) is 15.5 Å². The molecule has 0 bridgehead atoms. The van der Waals surface area contributed by atoms with Crippen LogP contribution in [0.25, 0.3) is 11.3 Å². The Hall–Kier alpha value is -3.08. The first kappa shape index (κ1) is 15.8. The van der Waals surface area contributed by atoms with E-state index in [9.17, 15) is 4.79 Å². The average Bonchev–Trinajstić information content (AvgIpc) is 3.12. The monoisotopic (exact) mass is 321 g/mol. The van der Waals surface area contributed by atoms with E-state index in [1.54, 1.807) is 12.3 Å². The van der Waals surface area contributed by atoms with Crippen molar-refractivity contribution < 1.29 is 9.53 Å². The summed E-state index contributed by atoms with van der Waals surface area (Å²) in [7, 11) is 0. The summed E-state index contributed by atoms with van der Waals surface area (Å²) in [5.74, 6) is 0.661. The second-order valence-electron chi connectivity index (χ2n) is 5.42. The first-order valence-corrected chi connectivity index (χ1v) is 7.82. The minimum atomic E-state index is -0.143. The Morgan fingerprint density at radius 3 is 2.58 bits per heavy atom. The molecule has 0 saturated carbocycles. The fourth-order valence-corrected chi connectivity index (χ4v) is 2.46. The van der Waals surface area contributed by atoms with Crippen LogP contribution in [-0.2, 0) is 0 Å². The molecule has 0 aliphatic carbocycles. The zero-order chi connectivity index (χ0) is 16.9. The van der Waals surface area contributed by atoms with Crippen molar-refractivity contribution in [3.63, 3.8) is 0 Å². The number of aromatic amines is 1. The number of nitrogens with zero attached hydrogens (tertiary/aromatic N) is 1. The van der Waals surface area contributed by atoms with Crippen molar-refractivity contribution in [2.75, 3.05) is 11.9 Å². The second-order valence-corrected chi connectivity index (χ2v) is 5.42. The van der Waals surface area contributed by atoms with Gasteiger partial charge in [-0.25, -0.2) is 0 Å². The largest absolute Gasteiger partial charge is 0.494 e. The first-order chi connectivity index (χ1) is 11.7. The molecule has 0 unspecified atom stereocenters. The summed E-state index contributed by atoms with van der Waals surface area (Å²) >= 11 is 0. The number of H-pyrrole nitrogens is 1. The van der Waals surface area contributed by atoms with Crippen LogP contribution in [0.4, 0.5) is 5.69 Å². The van der Waals surface area contributed by atoms with Crippen LogP contribution in [0.3, 0.4) is 0 Å². The number of aryl methyl sites for hydroxylation is 1. The Morgan fingerprint density at radius 1 is 1.17 bits per heavy atom. The maximum Gasteiger partial charge on any atom is 0.255 e. The number of anilines is 1. The lowest BCUT2D eigenvalue weighted by Gasteiger charge is -2.10. The number of carbonyl (C=O) groups is 1. The molecular formula is C19H19N3O2. The van der Waals surface area contributed by atoms with Crippen LogP contribution < -0.4 is 10.1 Å². The van der Waals surface area contributed by atoms with E-state index in [1.807, 2.05) is 56.3 Å². The summed E-state index contributed by atoms with van der Waals surface area (Å²) in [6.07, 6.45) is 1.71. The lowest BCUT2D eigenvalue weighted by Crippen LogP contribution is -2.12. The van der Waals surface area contributed by atoms with Gasteiger partial charge in [0, 0.05) is 17.4 Å². The van der Waals surface area contributed by atoms with Crippen LogP contribution in [0.5, 0.6) is 5.75 Å². The Morgan fingerprint density at radius 2 is 1.96 bits per heavy atom. The molecule has 5 heteroatoms. The number of carbonyl (C=O) groups excluding carboxylic acids is 1. The van der Waals surface area contributed by atoms with Gasteiger partial charge in [0.25, 0.3) is 5.91 Å². The van der Waals surface area contributed by atoms with Gasteiger partial charge in [0.05, 0.1) is 12.3 Å². The molecule has 24 heavy (non-hydrogen) atoms. The topological polar surface area (TPSA) is 67.0 Å². The number of aromatic nitrogens is 2. The molecule has 2 aromatic carbocycles. The van der Waals surface area contributed by atoms with Gasteiger partial charge in [-0.2, -0.15) is 5.10 Å². The van der Waals surface area contributed by atoms with Crippen molar-refractivity contribution in [3.05, 3.63) is 65.9 Å². The summed E-state index contributed by atoms with van der Waals surface area (Å²) in [5.41, 5.74) is 4.25. The van der Waals surface area contributed by atoms with Gasteiger partial charge >= 0.3 is 0 Å². The normalized spacial score (nSPS) is 10.4. The smallest absolute Gasteiger partial charge is 0.255 e. The van der Waals surface area contributed by atoms with Crippen molar-refractivity contribution in [3.8, 4) is 17.0 Å². The van der Waals surface area contributed by atoms with Gasteiger partial charge in [0.2, 0.25) is 0 Å². The molecule has 1 amide bonds. The third kappa shape index (κ3) is 3.46. The predicted molar refractivity (Wildman–Crippen MR) is 94.3 cm³/mol. The van der Waals surface area contributed by atoms with Gasteiger partial charge in [-0.3, -0.25) is 9.89 Å². The van der Waals surface area contributed by atoms with Crippen molar-refractivity contribution in [1.82, 2.24) is 10.2 Å². The van der Waals surface area contributed by atoms with Gasteiger partial charge in [-0.1, -0.05) is 12.1 Å². The fourth-order valence-electron chi connectivity index (χ4n) is 2.46. The Labute approximate surface area is 140 Å². The molecule has 1 heterocycles. The highest BCUT2D eigenvalue weighted by molar-refractivity contribution is 6.04. The van der Waals surface area contributed by atoms with E-state index in [-0.39, 0.29) is 5.91 Å². The lowest BCUT2D eigenvalue weighted by molar-refractivity contribution is 0.102. The van der Waals surface area contributed by atoms with E-state index in [0.717, 1.165) is 28.3 Å². The third-order valence-electron chi connectivity index (χ3n) is 3.69. The molecule has 0 saturated heterocycles. The maximum atomic E-state index is 12.4. The highest BCUT2D eigenvalue weighted by Crippen LogP contribution is 2.21. The highest BCUT2D eigenvalue weighted by atomic mass is 16.5. The molecular weight excluding hydrogens is 302 g/mol. The zero-order valence-corrected chi connectivity index (χ0v) is 13.7. The predicted octanol–water partition coefficient (Wildman–Crippen LogP) is 4.04. The number of hydrogen-bond acceptors (Lipinski definition) is 3. The van der Waals surface area contributed by atoms with Crippen molar-refractivity contribution in [2.24, 2.45) is 0 Å². The van der Waals surface area contributed by atoms with Gasteiger partial charge < -0.3 is 10.1 Å². The molecule has 0 radical (unpaired) electrons. The Bertz CT molecular complexity index is 824. The van der Waals surface area contributed by atoms with Crippen LogP contribution in [0.15, 0.2) is 54.7 Å². The molecule has 0 fully saturated rings. The molecule has 0 aliphatic rings. The van der Waals surface area contributed by atoms with Crippen molar-refractivity contribution >= 4 is 11.6 Å². The zero-order valence-electron chi connectivity index (χ0n) is 13.7. The Kier molecular flexibility index (Phi) is 4.61. The SMILES string of the molecule is CCOc1ccc(C(=O)Nc2ccc(-c3ccn[nH]3)cc2)cc1C. The molecule has 2 N–H and O–H groups in total. The van der Waals surface area contributed by atoms with Gasteiger partial charge in [-0.15, -0.1) is 0 Å². The number of rotatable bonds is 5. The van der Waals surface area contributed by atoms with Crippen molar-refractivity contribution in [2.45, 2.75) is 13.8 Å². The van der Waals surface area contributed by atoms with E-state index >= 15 is 0 Å². The summed E-state index contributed by atoms with van der Waals surface area (Å²) in [6, 6.07) is 14.9. The Balaban J connectivity index is 1.71. The number of ether oxygens (including phenoxy) is 1. The standard InChI is InChI=1S/C19H19N3O2/c1-3-24-18-9-6-15(12-13(18)2)19(23)21-16-7-4-14(5-8-16)17-10-11-20-22-17/h4-12H,3H2,1-2H3,(H,20,22)(H,21,23). The summed E-state index contributed by atoms with van der Waals surface area (Å²) in [4.78, 5) is 12.4. The van der Waals surface area contributed by atoms with Crippen LogP contribution in [0, 0.1) is 6.92 Å². The molecule has 0 aliphatic heterocycles. The average molecular weight is 321 g/mol. The molecule has 3 aromatic rings. The summed E-state index contributed by atoms with van der Waals surface area (Å²) in [5, 5.41) is 9.75. The lowest BCUT2D eigenvalue weighted by atomic mass is 10.1. The fraction of sp³-hybridized carbons (Fsp3) is 0.158. The number of hydrogen-bond donors (Lipinski definition) is 2. The molecule has 0 atom stereocenters. The van der Waals surface area contributed by atoms with E-state index < -0.39 is 0 Å². The molecule has 1 aromatic heterocycles. The van der Waals surface area contributed by atoms with Crippen molar-refractivity contribution in [1.29, 1.82) is 0 Å². The number of nitrogens with one attached hydrogen (secondary N) is 2. The van der Waals surface area contributed by atoms with Gasteiger partial charge in [-0.05, 0) is 61.4 Å². The van der Waals surface area contributed by atoms with Crippen LogP contribution >= 0.6 is 0 Å². The van der Waals surface area contributed by atoms with Gasteiger partial charge in [0.1, 0.15) is 5.75 Å². The second kappa shape index (κ2) is 7.00. The first-order valence-electron chi connectivity index (χ1n) is 7.82. The van der Waals surface area contributed by atoms with Gasteiger partial charge in [0.15, 0.2) is 0 Å². The van der Waals surface area contributed by atoms with Crippen LogP contribution in [0.2, 0.25) is 0 Å². The highest BCUT2D eigenvalue weighted by Gasteiger charge is 2.09. The summed E-state index contributed by atoms with van der Waals surface area (Å²) in [6.45, 7) is 4.48. The van der Waals surface area contributed by atoms with Crippen LogP contribution in [-0.4, -0.2) is 22.7 Å². The minimum Gasteiger partial charge on any atom is -0.494 e. The molecule has 5 nitrogen and oxygen atoms in total. The van der Waals surface area contributed by atoms with E-state index in [4.69, 9.17) is 4.74 Å². The number of benzene rings is 2. The number of amides is 1. The quantitative estimate of drug-likeness (QED) is 0.745. The third-order valence-corrected chi connectivity index (χ3v) is 3.69. The maximum absolute atomic E-state index is 12.4. The van der Waals surface area contributed by atoms with E-state index in [0.29, 0.717) is 12.2 Å². The van der Waals surface area contributed by atoms with E-state index in [1.165, 1.54) is 0 Å². The minimum absolute atomic E-state index is 0.143. The molecule has 3 rings (SSSR count). The summed E-state index contributed by atoms with van der Waals surface area (Å²) < 4.78 is 5.50. The molecule has 122 valence electrons. The molecule has 0 spiro atoms.